The second kappa shape index (κ2) is 4.85. The van der Waals surface area contributed by atoms with E-state index in [2.05, 4.69) is 14.9 Å². The summed E-state index contributed by atoms with van der Waals surface area (Å²) < 4.78 is 8.32. The number of aromatic nitrogens is 2. The molecule has 0 aliphatic heterocycles. The van der Waals surface area contributed by atoms with Crippen molar-refractivity contribution in [2.45, 2.75) is 6.04 Å². The van der Waals surface area contributed by atoms with Crippen LogP contribution in [0.2, 0.25) is 0 Å². The Morgan fingerprint density at radius 1 is 1.92 bits per heavy atom. The summed E-state index contributed by atoms with van der Waals surface area (Å²) >= 11 is 1.10. The molecule has 1 amide bonds. The van der Waals surface area contributed by atoms with Crippen molar-refractivity contribution in [2.75, 3.05) is 19.0 Å². The lowest BCUT2D eigenvalue weighted by Crippen LogP contribution is -2.39. The fraction of sp³-hybridized carbons (Fsp3) is 0.500. The summed E-state index contributed by atoms with van der Waals surface area (Å²) in [5.41, 5.74) is 5.47. The average Bonchev–Trinajstić information content (AvgIpc) is 2.57. The highest BCUT2D eigenvalue weighted by atomic mass is 32.1. The van der Waals surface area contributed by atoms with Gasteiger partial charge in [0.05, 0.1) is 12.8 Å². The molecular formula is C6H10N4O2S. The molecule has 0 saturated heterocycles. The minimum Gasteiger partial charge on any atom is -0.383 e. The van der Waals surface area contributed by atoms with E-state index in [-0.39, 0.29) is 12.5 Å². The number of carbonyl (C=O) groups is 1. The maximum atomic E-state index is 11.2. The topological polar surface area (TPSA) is 90.1 Å². The molecule has 0 aromatic carbocycles. The van der Waals surface area contributed by atoms with Gasteiger partial charge in [-0.1, -0.05) is 4.49 Å². The maximum Gasteiger partial charge on any atom is 0.244 e. The fourth-order valence-electron chi connectivity index (χ4n) is 0.692. The van der Waals surface area contributed by atoms with Gasteiger partial charge in [0.2, 0.25) is 5.91 Å². The van der Waals surface area contributed by atoms with Gasteiger partial charge in [0, 0.05) is 18.6 Å². The van der Waals surface area contributed by atoms with Gasteiger partial charge in [-0.05, 0) is 0 Å². The van der Waals surface area contributed by atoms with Gasteiger partial charge < -0.3 is 15.8 Å². The van der Waals surface area contributed by atoms with Crippen LogP contribution in [-0.4, -0.2) is 35.3 Å². The number of amides is 1. The highest BCUT2D eigenvalue weighted by Crippen LogP contribution is 2.08. The van der Waals surface area contributed by atoms with Crippen molar-refractivity contribution in [1.29, 1.82) is 0 Å². The van der Waals surface area contributed by atoms with Crippen molar-refractivity contribution >= 4 is 22.4 Å². The lowest BCUT2D eigenvalue weighted by molar-refractivity contribution is -0.118. The quantitative estimate of drug-likeness (QED) is 0.683. The predicted octanol–water partition coefficient (Wildman–Crippen LogP) is -0.550. The number of rotatable bonds is 4. The van der Waals surface area contributed by atoms with Crippen molar-refractivity contribution in [3.8, 4) is 0 Å². The number of hydrogen-bond acceptors (Lipinski definition) is 6. The molecule has 7 heteroatoms. The van der Waals surface area contributed by atoms with Crippen LogP contribution in [0.25, 0.3) is 0 Å². The molecule has 3 N–H and O–H groups in total. The van der Waals surface area contributed by atoms with E-state index in [1.165, 1.54) is 13.3 Å². The van der Waals surface area contributed by atoms with Gasteiger partial charge in [0.25, 0.3) is 0 Å². The lowest BCUT2D eigenvalue weighted by atomic mass is 10.3. The van der Waals surface area contributed by atoms with Crippen LogP contribution in [0.1, 0.15) is 0 Å². The molecule has 13 heavy (non-hydrogen) atoms. The Kier molecular flexibility index (Phi) is 3.74. The number of nitrogens with two attached hydrogens (primary N) is 1. The van der Waals surface area contributed by atoms with Gasteiger partial charge in [-0.15, -0.1) is 5.10 Å². The monoisotopic (exact) mass is 202 g/mol. The molecule has 1 aromatic rings. The molecular weight excluding hydrogens is 192 g/mol. The number of methoxy groups -OCH3 is 1. The van der Waals surface area contributed by atoms with Crippen LogP contribution < -0.4 is 11.1 Å². The number of nitrogens with zero attached hydrogens (tertiary/aromatic N) is 2. The van der Waals surface area contributed by atoms with Gasteiger partial charge in [-0.2, -0.15) is 0 Å². The van der Waals surface area contributed by atoms with Crippen LogP contribution in [0, 0.1) is 0 Å². The van der Waals surface area contributed by atoms with Crippen LogP contribution in [0.3, 0.4) is 0 Å². The van der Waals surface area contributed by atoms with Crippen molar-refractivity contribution < 1.29 is 9.53 Å². The first-order valence-corrected chi connectivity index (χ1v) is 4.34. The predicted molar refractivity (Wildman–Crippen MR) is 48.4 cm³/mol. The first kappa shape index (κ1) is 10.0. The number of carbonyl (C=O) groups excluding carboxylic acids is 1. The van der Waals surface area contributed by atoms with Gasteiger partial charge >= 0.3 is 0 Å². The Hall–Kier alpha value is -1.05. The second-order valence-corrected chi connectivity index (χ2v) is 3.12. The normalized spacial score (nSPS) is 12.5. The standard InChI is InChI=1S/C6H10N4O2S/c1-12-3-4(7)6(11)9-5-2-8-10-13-5/h2,4H,3,7H2,1H3,(H,9,11). The third-order valence-electron chi connectivity index (χ3n) is 1.29. The van der Waals surface area contributed by atoms with E-state index >= 15 is 0 Å². The molecule has 1 aromatic heterocycles. The molecule has 0 saturated carbocycles. The zero-order chi connectivity index (χ0) is 9.68. The average molecular weight is 202 g/mol. The molecule has 0 bridgehead atoms. The van der Waals surface area contributed by atoms with E-state index in [1.807, 2.05) is 0 Å². The molecule has 6 nitrogen and oxygen atoms in total. The summed E-state index contributed by atoms with van der Waals surface area (Å²) in [7, 11) is 1.49. The Morgan fingerprint density at radius 3 is 3.23 bits per heavy atom. The second-order valence-electron chi connectivity index (χ2n) is 2.33. The SMILES string of the molecule is COCC(N)C(=O)Nc1cnns1. The van der Waals surface area contributed by atoms with Crippen LogP contribution in [0.5, 0.6) is 0 Å². The van der Waals surface area contributed by atoms with Crippen LogP contribution in [0.15, 0.2) is 6.20 Å². The highest BCUT2D eigenvalue weighted by Gasteiger charge is 2.13. The minimum atomic E-state index is -0.660. The first-order chi connectivity index (χ1) is 6.24. The third kappa shape index (κ3) is 3.05. The Labute approximate surface area is 79.2 Å². The molecule has 0 aliphatic carbocycles. The summed E-state index contributed by atoms with van der Waals surface area (Å²) in [6.45, 7) is 0.193. The van der Waals surface area contributed by atoms with Crippen LogP contribution in [0.4, 0.5) is 5.00 Å². The molecule has 1 unspecified atom stereocenters. The fourth-order valence-corrected chi connectivity index (χ4v) is 1.11. The summed E-state index contributed by atoms with van der Waals surface area (Å²) in [6.07, 6.45) is 1.46. The number of anilines is 1. The molecule has 72 valence electrons. The highest BCUT2D eigenvalue weighted by molar-refractivity contribution is 7.10. The molecule has 1 atom stereocenters. The molecule has 0 aliphatic rings. The Morgan fingerprint density at radius 2 is 2.69 bits per heavy atom. The summed E-state index contributed by atoms with van der Waals surface area (Å²) in [4.78, 5) is 11.2. The van der Waals surface area contributed by atoms with Gasteiger partial charge in [0.1, 0.15) is 11.0 Å². The molecule has 0 fully saturated rings. The zero-order valence-corrected chi connectivity index (χ0v) is 7.87. The van der Waals surface area contributed by atoms with Crippen LogP contribution in [-0.2, 0) is 9.53 Å². The van der Waals surface area contributed by atoms with E-state index in [1.54, 1.807) is 0 Å². The van der Waals surface area contributed by atoms with Gasteiger partial charge in [-0.25, -0.2) is 0 Å². The van der Waals surface area contributed by atoms with Crippen molar-refractivity contribution in [3.63, 3.8) is 0 Å². The largest absolute Gasteiger partial charge is 0.383 e. The van der Waals surface area contributed by atoms with E-state index in [0.29, 0.717) is 5.00 Å². The van der Waals surface area contributed by atoms with Crippen LogP contribution >= 0.6 is 11.5 Å². The number of ether oxygens (including phenoxy) is 1. The van der Waals surface area contributed by atoms with Gasteiger partial charge in [-0.3, -0.25) is 4.79 Å². The number of nitrogens with one attached hydrogen (secondary N) is 1. The molecule has 0 spiro atoms. The van der Waals surface area contributed by atoms with Crippen molar-refractivity contribution in [3.05, 3.63) is 6.20 Å². The van der Waals surface area contributed by atoms with Crippen molar-refractivity contribution in [1.82, 2.24) is 9.59 Å². The summed E-state index contributed by atoms with van der Waals surface area (Å²) in [6, 6.07) is -0.660. The molecule has 1 rings (SSSR count). The Bertz CT molecular complexity index is 264. The Balaban J connectivity index is 2.41. The van der Waals surface area contributed by atoms with Gasteiger partial charge in [0.15, 0.2) is 0 Å². The molecule has 0 radical (unpaired) electrons. The summed E-state index contributed by atoms with van der Waals surface area (Å²) in [5, 5.41) is 6.70. The zero-order valence-electron chi connectivity index (χ0n) is 7.06. The maximum absolute atomic E-state index is 11.2. The van der Waals surface area contributed by atoms with E-state index in [9.17, 15) is 4.79 Å². The van der Waals surface area contributed by atoms with Crippen molar-refractivity contribution in [2.24, 2.45) is 5.73 Å². The smallest absolute Gasteiger partial charge is 0.244 e. The van der Waals surface area contributed by atoms with E-state index in [0.717, 1.165) is 11.5 Å². The van der Waals surface area contributed by atoms with E-state index in [4.69, 9.17) is 10.5 Å². The minimum absolute atomic E-state index is 0.193. The lowest BCUT2D eigenvalue weighted by Gasteiger charge is -2.08. The summed E-state index contributed by atoms with van der Waals surface area (Å²) in [5.74, 6) is -0.298. The molecule has 1 heterocycles. The third-order valence-corrected chi connectivity index (χ3v) is 1.87. The first-order valence-electron chi connectivity index (χ1n) is 3.56. The van der Waals surface area contributed by atoms with E-state index < -0.39 is 6.04 Å². The number of hydrogen-bond donors (Lipinski definition) is 2.